The molecule has 2 aromatic heterocycles. The molecule has 0 amide bonds. The van der Waals surface area contributed by atoms with Crippen molar-refractivity contribution in [1.29, 1.82) is 0 Å². The van der Waals surface area contributed by atoms with E-state index in [2.05, 4.69) is 25.5 Å². The number of nitrogens with one attached hydrogen (secondary N) is 2. The van der Waals surface area contributed by atoms with E-state index in [-0.39, 0.29) is 0 Å². The molecule has 16 heavy (non-hydrogen) atoms. The normalized spacial score (nSPS) is 10.8. The Balaban J connectivity index is 1.99. The lowest BCUT2D eigenvalue weighted by Gasteiger charge is -1.92. The maximum atomic E-state index is 4.96. The lowest BCUT2D eigenvalue weighted by molar-refractivity contribution is 0.571. The van der Waals surface area contributed by atoms with Gasteiger partial charge in [0.25, 0.3) is 0 Å². The van der Waals surface area contributed by atoms with E-state index in [0.29, 0.717) is 12.0 Å². The lowest BCUT2D eigenvalue weighted by Crippen LogP contribution is -1.91. The number of rotatable bonds is 2. The van der Waals surface area contributed by atoms with Crippen molar-refractivity contribution in [2.24, 2.45) is 0 Å². The van der Waals surface area contributed by atoms with Crippen LogP contribution in [0, 0.1) is 6.92 Å². The van der Waals surface area contributed by atoms with Crippen LogP contribution in [0.5, 0.6) is 0 Å². The molecule has 0 fully saturated rings. The van der Waals surface area contributed by atoms with Crippen LogP contribution in [0.2, 0.25) is 0 Å². The van der Waals surface area contributed by atoms with Crippen molar-refractivity contribution < 1.29 is 4.42 Å². The molecule has 0 bridgehead atoms. The van der Waals surface area contributed by atoms with Crippen LogP contribution in [-0.4, -0.2) is 20.2 Å². The number of aromatic nitrogens is 4. The Bertz CT molecular complexity index is 613. The van der Waals surface area contributed by atoms with Gasteiger partial charge in [-0.05, 0) is 24.6 Å². The Morgan fingerprint density at radius 1 is 1.38 bits per heavy atom. The van der Waals surface area contributed by atoms with Crippen molar-refractivity contribution in [3.8, 4) is 0 Å². The fraction of sp³-hybridized carbons (Fsp3) is 0.100. The number of aromatic amines is 1. The average Bonchev–Trinajstić information content (AvgIpc) is 2.86. The SMILES string of the molecule is Cc1ccc2nc(Nc3nnco3)[nH]c2c1. The highest BCUT2D eigenvalue weighted by Gasteiger charge is 2.05. The first-order valence-corrected chi connectivity index (χ1v) is 4.81. The topological polar surface area (TPSA) is 79.6 Å². The van der Waals surface area contributed by atoms with Crippen molar-refractivity contribution in [3.63, 3.8) is 0 Å². The third kappa shape index (κ3) is 1.50. The predicted molar refractivity (Wildman–Crippen MR) is 58.4 cm³/mol. The molecule has 3 aromatic rings. The second-order valence-corrected chi connectivity index (χ2v) is 3.47. The van der Waals surface area contributed by atoms with Gasteiger partial charge < -0.3 is 9.40 Å². The number of benzene rings is 1. The third-order valence-corrected chi connectivity index (χ3v) is 2.22. The Hall–Kier alpha value is -2.37. The van der Waals surface area contributed by atoms with Gasteiger partial charge in [0.05, 0.1) is 11.0 Å². The second-order valence-electron chi connectivity index (χ2n) is 3.47. The number of H-pyrrole nitrogens is 1. The first kappa shape index (κ1) is 8.90. The van der Waals surface area contributed by atoms with Crippen molar-refractivity contribution in [2.75, 3.05) is 5.32 Å². The van der Waals surface area contributed by atoms with E-state index in [0.717, 1.165) is 11.0 Å². The number of nitrogens with zero attached hydrogens (tertiary/aromatic N) is 3. The van der Waals surface area contributed by atoms with Crippen LogP contribution < -0.4 is 5.32 Å². The molecule has 0 saturated carbocycles. The molecule has 3 rings (SSSR count). The highest BCUT2D eigenvalue weighted by Crippen LogP contribution is 2.17. The van der Waals surface area contributed by atoms with Crippen molar-refractivity contribution in [1.82, 2.24) is 20.2 Å². The molecule has 0 atom stereocenters. The fourth-order valence-electron chi connectivity index (χ4n) is 1.51. The summed E-state index contributed by atoms with van der Waals surface area (Å²) in [6.07, 6.45) is 1.26. The van der Waals surface area contributed by atoms with E-state index in [1.165, 1.54) is 12.0 Å². The summed E-state index contributed by atoms with van der Waals surface area (Å²) < 4.78 is 4.96. The molecule has 2 heterocycles. The molecule has 80 valence electrons. The quantitative estimate of drug-likeness (QED) is 0.683. The summed E-state index contributed by atoms with van der Waals surface area (Å²) in [5, 5.41) is 10.2. The van der Waals surface area contributed by atoms with Crippen LogP contribution in [0.15, 0.2) is 29.0 Å². The largest absolute Gasteiger partial charge is 0.411 e. The third-order valence-electron chi connectivity index (χ3n) is 2.22. The highest BCUT2D eigenvalue weighted by molar-refractivity contribution is 5.78. The summed E-state index contributed by atoms with van der Waals surface area (Å²) in [7, 11) is 0. The molecule has 0 saturated heterocycles. The Kier molecular flexibility index (Phi) is 1.86. The second kappa shape index (κ2) is 3.34. The number of anilines is 2. The Morgan fingerprint density at radius 3 is 3.12 bits per heavy atom. The van der Waals surface area contributed by atoms with Gasteiger partial charge >= 0.3 is 6.01 Å². The summed E-state index contributed by atoms with van der Waals surface area (Å²) in [6, 6.07) is 6.32. The van der Waals surface area contributed by atoms with E-state index in [1.807, 2.05) is 25.1 Å². The maximum absolute atomic E-state index is 4.96. The van der Waals surface area contributed by atoms with E-state index in [9.17, 15) is 0 Å². The predicted octanol–water partition coefficient (Wildman–Crippen LogP) is 2.00. The van der Waals surface area contributed by atoms with Crippen molar-refractivity contribution >= 4 is 23.0 Å². The number of hydrogen-bond donors (Lipinski definition) is 2. The monoisotopic (exact) mass is 215 g/mol. The van der Waals surface area contributed by atoms with E-state index in [1.54, 1.807) is 0 Å². The Labute approximate surface area is 90.7 Å². The van der Waals surface area contributed by atoms with Crippen LogP contribution in [0.4, 0.5) is 12.0 Å². The van der Waals surface area contributed by atoms with Gasteiger partial charge in [0, 0.05) is 0 Å². The minimum atomic E-state index is 0.316. The molecule has 0 unspecified atom stereocenters. The van der Waals surface area contributed by atoms with Crippen LogP contribution in [0.1, 0.15) is 5.56 Å². The van der Waals surface area contributed by atoms with Gasteiger partial charge in [-0.3, -0.25) is 5.32 Å². The number of aryl methyl sites for hydroxylation is 1. The molecule has 1 aromatic carbocycles. The van der Waals surface area contributed by atoms with Crippen LogP contribution in [-0.2, 0) is 0 Å². The van der Waals surface area contributed by atoms with Gasteiger partial charge in [-0.15, -0.1) is 5.10 Å². The summed E-state index contributed by atoms with van der Waals surface area (Å²) in [5.41, 5.74) is 3.05. The lowest BCUT2D eigenvalue weighted by atomic mass is 10.2. The van der Waals surface area contributed by atoms with Crippen molar-refractivity contribution in [2.45, 2.75) is 6.92 Å². The average molecular weight is 215 g/mol. The minimum Gasteiger partial charge on any atom is -0.411 e. The molecule has 0 radical (unpaired) electrons. The van der Waals surface area contributed by atoms with Gasteiger partial charge in [0.2, 0.25) is 12.3 Å². The first-order chi connectivity index (χ1) is 7.81. The molecule has 2 N–H and O–H groups in total. The van der Waals surface area contributed by atoms with Gasteiger partial charge in [0.15, 0.2) is 0 Å². The molecule has 0 spiro atoms. The molecule has 6 heteroatoms. The molecular formula is C10H9N5O. The van der Waals surface area contributed by atoms with Crippen molar-refractivity contribution in [3.05, 3.63) is 30.2 Å². The van der Waals surface area contributed by atoms with Gasteiger partial charge in [-0.2, -0.15) is 0 Å². The first-order valence-electron chi connectivity index (χ1n) is 4.81. The summed E-state index contributed by atoms with van der Waals surface area (Å²) >= 11 is 0. The number of hydrogen-bond acceptors (Lipinski definition) is 5. The van der Waals surface area contributed by atoms with E-state index < -0.39 is 0 Å². The smallest absolute Gasteiger partial charge is 0.322 e. The summed E-state index contributed by atoms with van der Waals surface area (Å²) in [6.45, 7) is 2.03. The summed E-state index contributed by atoms with van der Waals surface area (Å²) in [5.74, 6) is 0.588. The molecule has 0 aliphatic rings. The number of fused-ring (bicyclic) bond motifs is 1. The van der Waals surface area contributed by atoms with Gasteiger partial charge in [-0.25, -0.2) is 4.98 Å². The molecule has 0 aliphatic carbocycles. The Morgan fingerprint density at radius 2 is 2.31 bits per heavy atom. The highest BCUT2D eigenvalue weighted by atomic mass is 16.4. The minimum absolute atomic E-state index is 0.316. The maximum Gasteiger partial charge on any atom is 0.322 e. The van der Waals surface area contributed by atoms with E-state index in [4.69, 9.17) is 4.42 Å². The number of imidazole rings is 1. The fourth-order valence-corrected chi connectivity index (χ4v) is 1.51. The zero-order chi connectivity index (χ0) is 11.0. The van der Waals surface area contributed by atoms with E-state index >= 15 is 0 Å². The molecule has 0 aliphatic heterocycles. The standard InChI is InChI=1S/C10H9N5O/c1-6-2-3-7-8(4-6)13-9(12-7)14-10-15-11-5-16-10/h2-5H,1H3,(H2,12,13,14,15). The molecule has 6 nitrogen and oxygen atoms in total. The van der Waals surface area contributed by atoms with Crippen LogP contribution in [0.25, 0.3) is 11.0 Å². The molecular weight excluding hydrogens is 206 g/mol. The van der Waals surface area contributed by atoms with Crippen LogP contribution in [0.3, 0.4) is 0 Å². The zero-order valence-corrected chi connectivity index (χ0v) is 8.56. The van der Waals surface area contributed by atoms with Gasteiger partial charge in [-0.1, -0.05) is 11.2 Å². The summed E-state index contributed by atoms with van der Waals surface area (Å²) in [4.78, 5) is 7.46. The van der Waals surface area contributed by atoms with Gasteiger partial charge in [0.1, 0.15) is 0 Å². The van der Waals surface area contributed by atoms with Crippen LogP contribution >= 0.6 is 0 Å². The zero-order valence-electron chi connectivity index (χ0n) is 8.56.